The topological polar surface area (TPSA) is 123 Å². The molecule has 0 spiro atoms. The van der Waals surface area contributed by atoms with Crippen LogP contribution in [0.4, 0.5) is 5.69 Å². The summed E-state index contributed by atoms with van der Waals surface area (Å²) in [6, 6.07) is 11.4. The Kier molecular flexibility index (Phi) is 8.98. The first-order chi connectivity index (χ1) is 14.8. The predicted molar refractivity (Wildman–Crippen MR) is 117 cm³/mol. The fourth-order valence-corrected chi connectivity index (χ4v) is 4.00. The van der Waals surface area contributed by atoms with Crippen LogP contribution < -0.4 is 20.1 Å². The fourth-order valence-electron chi connectivity index (χ4n) is 2.79. The summed E-state index contributed by atoms with van der Waals surface area (Å²) in [5.74, 6) is -0.887. The first-order valence-corrected chi connectivity index (χ1v) is 11.1. The van der Waals surface area contributed by atoms with E-state index in [4.69, 9.17) is 9.47 Å². The number of benzene rings is 2. The van der Waals surface area contributed by atoms with E-state index in [0.717, 1.165) is 12.0 Å². The van der Waals surface area contributed by atoms with Gasteiger partial charge in [-0.2, -0.15) is 0 Å². The first-order valence-electron chi connectivity index (χ1n) is 9.65. The van der Waals surface area contributed by atoms with Crippen molar-refractivity contribution in [2.75, 3.05) is 39.2 Å². The second-order valence-corrected chi connectivity index (χ2v) is 8.23. The smallest absolute Gasteiger partial charge is 0.251 e. The first kappa shape index (κ1) is 24.3. The molecule has 2 rings (SSSR count). The van der Waals surface area contributed by atoms with Crippen molar-refractivity contribution in [1.29, 1.82) is 0 Å². The zero-order chi connectivity index (χ0) is 22.9. The number of anilines is 1. The zero-order valence-electron chi connectivity index (χ0n) is 17.7. The number of aryl methyl sites for hydroxylation is 1. The lowest BCUT2D eigenvalue weighted by atomic mass is 10.1. The van der Waals surface area contributed by atoms with Crippen molar-refractivity contribution in [1.82, 2.24) is 10.0 Å². The van der Waals surface area contributed by atoms with Gasteiger partial charge in [-0.15, -0.1) is 0 Å². The molecule has 0 aliphatic carbocycles. The molecule has 0 atom stereocenters. The highest BCUT2D eigenvalue weighted by Crippen LogP contribution is 2.24. The minimum Gasteiger partial charge on any atom is -0.495 e. The van der Waals surface area contributed by atoms with E-state index in [1.54, 1.807) is 6.07 Å². The van der Waals surface area contributed by atoms with E-state index in [2.05, 4.69) is 15.4 Å². The Morgan fingerprint density at radius 1 is 1.06 bits per heavy atom. The van der Waals surface area contributed by atoms with Crippen molar-refractivity contribution < 1.29 is 27.5 Å². The van der Waals surface area contributed by atoms with Crippen LogP contribution >= 0.6 is 0 Å². The maximum Gasteiger partial charge on any atom is 0.251 e. The average Bonchev–Trinajstić information content (AvgIpc) is 2.77. The molecular formula is C21H27N3O6S. The largest absolute Gasteiger partial charge is 0.495 e. The number of methoxy groups -OCH3 is 2. The van der Waals surface area contributed by atoms with E-state index in [0.29, 0.717) is 5.69 Å². The van der Waals surface area contributed by atoms with E-state index in [-0.39, 0.29) is 35.9 Å². The van der Waals surface area contributed by atoms with Crippen molar-refractivity contribution in [2.45, 2.75) is 18.2 Å². The van der Waals surface area contributed by atoms with Gasteiger partial charge in [0, 0.05) is 24.9 Å². The molecule has 0 aliphatic heterocycles. The number of carbonyl (C=O) groups excluding carboxylic acids is 2. The lowest BCUT2D eigenvalue weighted by molar-refractivity contribution is -0.115. The third-order valence-electron chi connectivity index (χ3n) is 4.40. The molecule has 0 aromatic heterocycles. The number of ether oxygens (including phenoxy) is 2. The summed E-state index contributed by atoms with van der Waals surface area (Å²) >= 11 is 0. The second kappa shape index (κ2) is 11.4. The maximum atomic E-state index is 12.5. The van der Waals surface area contributed by atoms with Gasteiger partial charge in [0.05, 0.1) is 20.3 Å². The van der Waals surface area contributed by atoms with Crippen LogP contribution in [0.2, 0.25) is 0 Å². The van der Waals surface area contributed by atoms with Gasteiger partial charge in [-0.1, -0.05) is 25.1 Å². The lowest BCUT2D eigenvalue weighted by Crippen LogP contribution is -2.33. The normalized spacial score (nSPS) is 11.1. The molecule has 0 saturated heterocycles. The third-order valence-corrected chi connectivity index (χ3v) is 5.88. The molecule has 2 amide bonds. The van der Waals surface area contributed by atoms with Crippen LogP contribution in [0.3, 0.4) is 0 Å². The fraction of sp³-hybridized carbons (Fsp3) is 0.333. The van der Waals surface area contributed by atoms with Crippen molar-refractivity contribution in [2.24, 2.45) is 0 Å². The summed E-state index contributed by atoms with van der Waals surface area (Å²) in [6.45, 7) is 1.97. The molecule has 0 aliphatic rings. The summed E-state index contributed by atoms with van der Waals surface area (Å²) in [5.41, 5.74) is 1.74. The molecule has 9 nitrogen and oxygen atoms in total. The number of hydrogen-bond acceptors (Lipinski definition) is 6. The van der Waals surface area contributed by atoms with Gasteiger partial charge in [0.15, 0.2) is 0 Å². The predicted octanol–water partition coefficient (Wildman–Crippen LogP) is 1.55. The minimum absolute atomic E-state index is 0.0673. The molecule has 0 radical (unpaired) electrons. The Hall–Kier alpha value is -2.95. The number of amides is 2. The maximum absolute atomic E-state index is 12.5. The molecule has 0 unspecified atom stereocenters. The molecule has 0 bridgehead atoms. The number of carbonyl (C=O) groups is 2. The second-order valence-electron chi connectivity index (χ2n) is 6.50. The molecule has 0 fully saturated rings. The van der Waals surface area contributed by atoms with E-state index in [9.17, 15) is 18.0 Å². The summed E-state index contributed by atoms with van der Waals surface area (Å²) in [7, 11) is -1.14. The number of hydrogen-bond donors (Lipinski definition) is 3. The van der Waals surface area contributed by atoms with E-state index >= 15 is 0 Å². The van der Waals surface area contributed by atoms with Gasteiger partial charge in [-0.25, -0.2) is 13.1 Å². The molecule has 0 heterocycles. The van der Waals surface area contributed by atoms with Crippen molar-refractivity contribution in [3.05, 3.63) is 53.6 Å². The molecule has 2 aromatic carbocycles. The molecular weight excluding hydrogens is 422 g/mol. The van der Waals surface area contributed by atoms with Crippen molar-refractivity contribution in [3.8, 4) is 5.75 Å². The molecule has 10 heteroatoms. The van der Waals surface area contributed by atoms with Crippen LogP contribution in [0.5, 0.6) is 5.75 Å². The summed E-state index contributed by atoms with van der Waals surface area (Å²) in [5, 5.41) is 5.26. The van der Waals surface area contributed by atoms with Gasteiger partial charge in [-0.3, -0.25) is 9.59 Å². The lowest BCUT2D eigenvalue weighted by Gasteiger charge is -2.13. The van der Waals surface area contributed by atoms with Gasteiger partial charge in [0.1, 0.15) is 10.6 Å². The Balaban J connectivity index is 2.08. The summed E-state index contributed by atoms with van der Waals surface area (Å²) in [4.78, 5) is 24.5. The standard InChI is InChI=1S/C21H27N3O6S/c1-4-15-7-5-6-8-17(15)24-20(25)14-22-21(26)16-9-10-18(30-3)19(13-16)31(27,28)23-11-12-29-2/h5-10,13,23H,4,11-12,14H2,1-3H3,(H,22,26)(H,24,25). The van der Waals surface area contributed by atoms with Crippen LogP contribution in [0, 0.1) is 0 Å². The van der Waals surface area contributed by atoms with Crippen LogP contribution in [-0.4, -0.2) is 54.1 Å². The Morgan fingerprint density at radius 3 is 2.48 bits per heavy atom. The molecule has 168 valence electrons. The minimum atomic E-state index is -3.93. The molecule has 0 saturated carbocycles. The molecule has 3 N–H and O–H groups in total. The monoisotopic (exact) mass is 449 g/mol. The van der Waals surface area contributed by atoms with Crippen molar-refractivity contribution >= 4 is 27.5 Å². The van der Waals surface area contributed by atoms with Crippen LogP contribution in [0.25, 0.3) is 0 Å². The van der Waals surface area contributed by atoms with Gasteiger partial charge < -0.3 is 20.1 Å². The van der Waals surface area contributed by atoms with Gasteiger partial charge in [0.25, 0.3) is 5.91 Å². The summed E-state index contributed by atoms with van der Waals surface area (Å²) < 4.78 is 37.4. The average molecular weight is 450 g/mol. The van der Waals surface area contributed by atoms with E-state index in [1.807, 2.05) is 25.1 Å². The Bertz CT molecular complexity index is 1020. The van der Waals surface area contributed by atoms with Crippen LogP contribution in [0.15, 0.2) is 47.4 Å². The summed E-state index contributed by atoms with van der Waals surface area (Å²) in [6.07, 6.45) is 0.754. The third kappa shape index (κ3) is 6.78. The van der Waals surface area contributed by atoms with Crippen molar-refractivity contribution in [3.63, 3.8) is 0 Å². The zero-order valence-corrected chi connectivity index (χ0v) is 18.5. The van der Waals surface area contributed by atoms with Gasteiger partial charge in [0.2, 0.25) is 15.9 Å². The number of para-hydroxylation sites is 1. The quantitative estimate of drug-likeness (QED) is 0.448. The SMILES string of the molecule is CCc1ccccc1NC(=O)CNC(=O)c1ccc(OC)c(S(=O)(=O)NCCOC)c1. The highest BCUT2D eigenvalue weighted by Gasteiger charge is 2.21. The van der Waals surface area contributed by atoms with E-state index in [1.165, 1.54) is 32.4 Å². The van der Waals surface area contributed by atoms with Gasteiger partial charge in [-0.05, 0) is 36.2 Å². The number of nitrogens with one attached hydrogen (secondary N) is 3. The van der Waals surface area contributed by atoms with Crippen LogP contribution in [-0.2, 0) is 26.0 Å². The van der Waals surface area contributed by atoms with Gasteiger partial charge >= 0.3 is 0 Å². The Morgan fingerprint density at radius 2 is 1.81 bits per heavy atom. The number of rotatable bonds is 11. The molecule has 2 aromatic rings. The molecule has 31 heavy (non-hydrogen) atoms. The highest BCUT2D eigenvalue weighted by atomic mass is 32.2. The van der Waals surface area contributed by atoms with Crippen LogP contribution in [0.1, 0.15) is 22.8 Å². The van der Waals surface area contributed by atoms with E-state index < -0.39 is 21.8 Å². The number of sulfonamides is 1. The Labute approximate surface area is 182 Å². The highest BCUT2D eigenvalue weighted by molar-refractivity contribution is 7.89.